The Bertz CT molecular complexity index is 673. The summed E-state index contributed by atoms with van der Waals surface area (Å²) in [6, 6.07) is 17.1. The van der Waals surface area contributed by atoms with Gasteiger partial charge in [0.1, 0.15) is 0 Å². The molecule has 0 spiro atoms. The lowest BCUT2D eigenvalue weighted by atomic mass is 9.55. The van der Waals surface area contributed by atoms with Crippen molar-refractivity contribution in [2.75, 3.05) is 13.5 Å². The van der Waals surface area contributed by atoms with Crippen LogP contribution in [0.5, 0.6) is 0 Å². The van der Waals surface area contributed by atoms with E-state index in [0.29, 0.717) is 12.5 Å². The van der Waals surface area contributed by atoms with Gasteiger partial charge in [-0.3, -0.25) is 0 Å². The van der Waals surface area contributed by atoms with Gasteiger partial charge in [0, 0.05) is 22.0 Å². The van der Waals surface area contributed by atoms with Crippen molar-refractivity contribution >= 4 is 0 Å². The zero-order valence-electron chi connectivity index (χ0n) is 13.8. The molecule has 3 aliphatic rings. The van der Waals surface area contributed by atoms with Crippen LogP contribution in [0.2, 0.25) is 0 Å². The van der Waals surface area contributed by atoms with Crippen molar-refractivity contribution in [3.8, 4) is 0 Å². The first-order valence-corrected chi connectivity index (χ1v) is 6.95. The second kappa shape index (κ2) is 3.94. The Morgan fingerprint density at radius 2 is 1.74 bits per heavy atom. The van der Waals surface area contributed by atoms with Crippen LogP contribution in [0.4, 0.5) is 0 Å². The topological polar surface area (TPSA) is 12.0 Å². The molecule has 0 fully saturated rings. The third kappa shape index (κ3) is 1.34. The summed E-state index contributed by atoms with van der Waals surface area (Å²) in [7, 11) is 0. The van der Waals surface area contributed by atoms with E-state index in [9.17, 15) is 0 Å². The molecule has 2 bridgehead atoms. The Kier molecular flexibility index (Phi) is 1.77. The van der Waals surface area contributed by atoms with Gasteiger partial charge in [0.15, 0.2) is 0 Å². The van der Waals surface area contributed by atoms with E-state index in [-0.39, 0.29) is 5.41 Å². The quantitative estimate of drug-likeness (QED) is 0.863. The number of benzene rings is 2. The van der Waals surface area contributed by atoms with E-state index in [1.54, 1.807) is 0 Å². The van der Waals surface area contributed by atoms with E-state index in [1.165, 1.54) is 22.3 Å². The van der Waals surface area contributed by atoms with Crippen molar-refractivity contribution in [3.05, 3.63) is 70.8 Å². The molecule has 1 N–H and O–H groups in total. The van der Waals surface area contributed by atoms with Gasteiger partial charge in [0.2, 0.25) is 0 Å². The fourth-order valence-corrected chi connectivity index (χ4v) is 4.19. The van der Waals surface area contributed by atoms with E-state index in [4.69, 9.17) is 4.11 Å². The monoisotopic (exact) mass is 252 g/mol. The van der Waals surface area contributed by atoms with Crippen molar-refractivity contribution in [1.29, 1.82) is 0 Å². The van der Waals surface area contributed by atoms with Gasteiger partial charge in [-0.1, -0.05) is 48.5 Å². The van der Waals surface area contributed by atoms with Gasteiger partial charge in [0.05, 0.1) is 0 Å². The number of likely N-dealkylation sites (N-methyl/N-ethyl adjacent to an activating group) is 1. The van der Waals surface area contributed by atoms with Crippen molar-refractivity contribution in [2.45, 2.75) is 24.2 Å². The molecular formula is C18H19N. The minimum atomic E-state index is -2.10. The molecule has 0 atom stereocenters. The molecule has 2 aromatic carbocycles. The smallest absolute Gasteiger partial charge is 0.0391 e. The highest BCUT2D eigenvalue weighted by Crippen LogP contribution is 2.55. The van der Waals surface area contributed by atoms with Crippen LogP contribution >= 0.6 is 0 Å². The Labute approximate surface area is 118 Å². The van der Waals surface area contributed by atoms with Crippen molar-refractivity contribution in [2.24, 2.45) is 0 Å². The number of fused-ring (bicyclic) bond motifs is 1. The molecule has 0 radical (unpaired) electrons. The summed E-state index contributed by atoms with van der Waals surface area (Å²) in [5, 5.41) is 2.79. The number of hydrogen-bond donors (Lipinski definition) is 1. The summed E-state index contributed by atoms with van der Waals surface area (Å²) in [5.74, 6) is 0.460. The zero-order chi connectivity index (χ0) is 15.4. The fraction of sp³-hybridized carbons (Fsp3) is 0.333. The first-order valence-electron chi connectivity index (χ1n) is 8.45. The minimum Gasteiger partial charge on any atom is -0.319 e. The maximum Gasteiger partial charge on any atom is 0.0391 e. The standard InChI is InChI=1S/C18H19N/c1-19-12-18-11-10-13(14-6-2-4-8-16(14)18)15-7-3-5-9-17(15)18/h2-9,13,19H,10-12H2,1H3/i1D3. The van der Waals surface area contributed by atoms with Crippen LogP contribution in [0.1, 0.15) is 45.1 Å². The van der Waals surface area contributed by atoms with Crippen molar-refractivity contribution < 1.29 is 4.11 Å². The maximum absolute atomic E-state index is 7.52. The van der Waals surface area contributed by atoms with Crippen LogP contribution in [0.15, 0.2) is 48.5 Å². The van der Waals surface area contributed by atoms with Gasteiger partial charge < -0.3 is 5.32 Å². The molecule has 1 heteroatoms. The van der Waals surface area contributed by atoms with E-state index >= 15 is 0 Å². The summed E-state index contributed by atoms with van der Waals surface area (Å²) in [6.07, 6.45) is 2.10. The van der Waals surface area contributed by atoms with E-state index < -0.39 is 6.98 Å². The number of rotatable bonds is 2. The average Bonchev–Trinajstić information content (AvgIpc) is 2.53. The molecule has 0 amide bonds. The summed E-state index contributed by atoms with van der Waals surface area (Å²) in [5.41, 5.74) is 5.15. The van der Waals surface area contributed by atoms with E-state index in [2.05, 4.69) is 53.8 Å². The van der Waals surface area contributed by atoms with Crippen molar-refractivity contribution in [1.82, 2.24) is 5.32 Å². The SMILES string of the molecule is [2H]C([2H])([2H])NCC12CCC(c3ccccc31)c1ccccc12. The molecule has 0 aromatic heterocycles. The third-order valence-corrected chi connectivity index (χ3v) is 4.95. The summed E-state index contributed by atoms with van der Waals surface area (Å²) in [4.78, 5) is 0. The van der Waals surface area contributed by atoms with Crippen LogP contribution in [0.25, 0.3) is 0 Å². The largest absolute Gasteiger partial charge is 0.319 e. The highest BCUT2D eigenvalue weighted by Gasteiger charge is 2.47. The van der Waals surface area contributed by atoms with Gasteiger partial charge in [-0.2, -0.15) is 0 Å². The molecule has 0 unspecified atom stereocenters. The highest BCUT2D eigenvalue weighted by atomic mass is 14.8. The summed E-state index contributed by atoms with van der Waals surface area (Å²) in [6.45, 7) is -1.64. The van der Waals surface area contributed by atoms with Crippen LogP contribution < -0.4 is 5.32 Å². The molecule has 0 heterocycles. The zero-order valence-corrected chi connectivity index (χ0v) is 10.8. The highest BCUT2D eigenvalue weighted by molar-refractivity contribution is 5.59. The van der Waals surface area contributed by atoms with Gasteiger partial charge in [0.25, 0.3) is 0 Å². The second-order valence-corrected chi connectivity index (χ2v) is 5.70. The predicted octanol–water partition coefficient (Wildman–Crippen LogP) is 3.43. The molecule has 1 nitrogen and oxygen atoms in total. The third-order valence-electron chi connectivity index (χ3n) is 4.95. The summed E-state index contributed by atoms with van der Waals surface area (Å²) >= 11 is 0. The second-order valence-electron chi connectivity index (χ2n) is 5.70. The first kappa shape index (κ1) is 8.55. The molecule has 19 heavy (non-hydrogen) atoms. The molecule has 3 aliphatic carbocycles. The van der Waals surface area contributed by atoms with E-state index in [1.807, 2.05) is 0 Å². The van der Waals surface area contributed by atoms with E-state index in [0.717, 1.165) is 12.8 Å². The lowest BCUT2D eigenvalue weighted by molar-refractivity contribution is 0.362. The van der Waals surface area contributed by atoms with Crippen molar-refractivity contribution in [3.63, 3.8) is 0 Å². The lowest BCUT2D eigenvalue weighted by Gasteiger charge is -2.49. The normalized spacial score (nSPS) is 29.9. The van der Waals surface area contributed by atoms with Gasteiger partial charge in [-0.25, -0.2) is 0 Å². The molecular weight excluding hydrogens is 230 g/mol. The predicted molar refractivity (Wildman–Crippen MR) is 78.7 cm³/mol. The fourth-order valence-electron chi connectivity index (χ4n) is 4.19. The lowest BCUT2D eigenvalue weighted by Crippen LogP contribution is -2.46. The molecule has 5 rings (SSSR count). The molecule has 2 aromatic rings. The Morgan fingerprint density at radius 3 is 2.37 bits per heavy atom. The van der Waals surface area contributed by atoms with Gasteiger partial charge in [-0.15, -0.1) is 0 Å². The number of nitrogens with one attached hydrogen (secondary N) is 1. The molecule has 96 valence electrons. The first-order chi connectivity index (χ1) is 10.5. The van der Waals surface area contributed by atoms with Crippen LogP contribution in [-0.4, -0.2) is 13.5 Å². The Hall–Kier alpha value is -1.60. The van der Waals surface area contributed by atoms with Gasteiger partial charge >= 0.3 is 0 Å². The van der Waals surface area contributed by atoms with Gasteiger partial charge in [-0.05, 0) is 42.1 Å². The van der Waals surface area contributed by atoms with Crippen LogP contribution in [0.3, 0.4) is 0 Å². The molecule has 0 aliphatic heterocycles. The molecule has 0 saturated carbocycles. The Balaban J connectivity index is 1.89. The molecule has 0 saturated heterocycles. The Morgan fingerprint density at radius 1 is 1.11 bits per heavy atom. The number of hydrogen-bond acceptors (Lipinski definition) is 1. The summed E-state index contributed by atoms with van der Waals surface area (Å²) < 4.78 is 22.5. The van der Waals surface area contributed by atoms with Crippen LogP contribution in [-0.2, 0) is 5.41 Å². The maximum atomic E-state index is 7.52. The minimum absolute atomic E-state index is 0.212. The average molecular weight is 252 g/mol. The van der Waals surface area contributed by atoms with Crippen LogP contribution in [0, 0.1) is 0 Å².